The monoisotopic (exact) mass is 263 g/mol. The van der Waals surface area contributed by atoms with Gasteiger partial charge < -0.3 is 15.1 Å². The van der Waals surface area contributed by atoms with Crippen LogP contribution in [-0.2, 0) is 0 Å². The molecule has 0 radical (unpaired) electrons. The van der Waals surface area contributed by atoms with Crippen molar-refractivity contribution in [3.05, 3.63) is 11.9 Å². The van der Waals surface area contributed by atoms with Gasteiger partial charge in [-0.3, -0.25) is 0 Å². The Morgan fingerprint density at radius 2 is 2.21 bits per heavy atom. The summed E-state index contributed by atoms with van der Waals surface area (Å²) in [6, 6.07) is 0.568. The number of rotatable bonds is 5. The standard InChI is InChI=1S/C14H25N5/c1-5-15-13-11(2)14(17-10-16-13)19-8-6-7-12(19)9-18(3)4/h10,12H,5-9H2,1-4H3,(H,15,16,17). The van der Waals surface area contributed by atoms with Crippen LogP contribution in [0.1, 0.15) is 25.3 Å². The minimum absolute atomic E-state index is 0.568. The first kappa shape index (κ1) is 14.1. The van der Waals surface area contributed by atoms with Crippen LogP contribution in [0.15, 0.2) is 6.33 Å². The Hall–Kier alpha value is -1.36. The van der Waals surface area contributed by atoms with Crippen LogP contribution in [0.3, 0.4) is 0 Å². The van der Waals surface area contributed by atoms with E-state index in [1.54, 1.807) is 6.33 Å². The second kappa shape index (κ2) is 6.19. The van der Waals surface area contributed by atoms with E-state index in [4.69, 9.17) is 0 Å². The maximum atomic E-state index is 4.52. The number of likely N-dealkylation sites (N-methyl/N-ethyl adjacent to an activating group) is 1. The van der Waals surface area contributed by atoms with Gasteiger partial charge in [0.15, 0.2) is 0 Å². The fourth-order valence-corrected chi connectivity index (χ4v) is 2.80. The number of nitrogens with zero attached hydrogens (tertiary/aromatic N) is 4. The van der Waals surface area contributed by atoms with Gasteiger partial charge in [0.2, 0.25) is 0 Å². The molecule has 5 heteroatoms. The molecule has 5 nitrogen and oxygen atoms in total. The number of nitrogens with one attached hydrogen (secondary N) is 1. The van der Waals surface area contributed by atoms with Crippen molar-refractivity contribution in [3.8, 4) is 0 Å². The van der Waals surface area contributed by atoms with Crippen molar-refractivity contribution in [3.63, 3.8) is 0 Å². The van der Waals surface area contributed by atoms with Gasteiger partial charge in [-0.2, -0.15) is 0 Å². The molecule has 0 bridgehead atoms. The molecule has 2 rings (SSSR count). The highest BCUT2D eigenvalue weighted by Gasteiger charge is 2.27. The maximum absolute atomic E-state index is 4.52. The molecule has 0 spiro atoms. The topological polar surface area (TPSA) is 44.3 Å². The molecular formula is C14H25N5. The quantitative estimate of drug-likeness (QED) is 0.877. The second-order valence-electron chi connectivity index (χ2n) is 5.45. The summed E-state index contributed by atoms with van der Waals surface area (Å²) in [4.78, 5) is 13.5. The van der Waals surface area contributed by atoms with Crippen LogP contribution in [0.2, 0.25) is 0 Å². The van der Waals surface area contributed by atoms with Crippen LogP contribution in [-0.4, -0.2) is 54.6 Å². The van der Waals surface area contributed by atoms with E-state index in [-0.39, 0.29) is 0 Å². The lowest BCUT2D eigenvalue weighted by Crippen LogP contribution is -2.38. The summed E-state index contributed by atoms with van der Waals surface area (Å²) in [5, 5.41) is 3.31. The molecule has 1 aromatic heterocycles. The zero-order valence-corrected chi connectivity index (χ0v) is 12.5. The third-order valence-corrected chi connectivity index (χ3v) is 3.63. The molecule has 0 aliphatic carbocycles. The SMILES string of the molecule is CCNc1ncnc(N2CCCC2CN(C)C)c1C. The van der Waals surface area contributed by atoms with Crippen LogP contribution in [0, 0.1) is 6.92 Å². The van der Waals surface area contributed by atoms with E-state index in [1.807, 2.05) is 0 Å². The second-order valence-corrected chi connectivity index (χ2v) is 5.45. The van der Waals surface area contributed by atoms with Crippen molar-refractivity contribution in [1.29, 1.82) is 0 Å². The van der Waals surface area contributed by atoms with Gasteiger partial charge in [0.1, 0.15) is 18.0 Å². The third-order valence-electron chi connectivity index (χ3n) is 3.63. The molecule has 1 aliphatic heterocycles. The summed E-state index contributed by atoms with van der Waals surface area (Å²) in [6.45, 7) is 7.27. The van der Waals surface area contributed by atoms with Crippen molar-refractivity contribution in [2.75, 3.05) is 43.9 Å². The Kier molecular flexibility index (Phi) is 4.58. The summed E-state index contributed by atoms with van der Waals surface area (Å²) < 4.78 is 0. The highest BCUT2D eigenvalue weighted by atomic mass is 15.3. The van der Waals surface area contributed by atoms with Crippen molar-refractivity contribution < 1.29 is 0 Å². The molecule has 2 heterocycles. The predicted molar refractivity (Wildman–Crippen MR) is 79.9 cm³/mol. The van der Waals surface area contributed by atoms with Crippen LogP contribution in [0.4, 0.5) is 11.6 Å². The van der Waals surface area contributed by atoms with Gasteiger partial charge in [-0.15, -0.1) is 0 Å². The van der Waals surface area contributed by atoms with E-state index in [9.17, 15) is 0 Å². The van der Waals surface area contributed by atoms with Crippen molar-refractivity contribution in [1.82, 2.24) is 14.9 Å². The van der Waals surface area contributed by atoms with Crippen molar-refractivity contribution in [2.24, 2.45) is 0 Å². The minimum atomic E-state index is 0.568. The summed E-state index contributed by atoms with van der Waals surface area (Å²) in [6.07, 6.45) is 4.17. The Morgan fingerprint density at radius 1 is 1.42 bits per heavy atom. The van der Waals surface area contributed by atoms with Gasteiger partial charge in [-0.25, -0.2) is 9.97 Å². The molecule has 1 aromatic rings. The highest BCUT2D eigenvalue weighted by Crippen LogP contribution is 2.29. The first-order valence-corrected chi connectivity index (χ1v) is 7.10. The van der Waals surface area contributed by atoms with Crippen LogP contribution in [0.25, 0.3) is 0 Å². The molecule has 1 saturated heterocycles. The maximum Gasteiger partial charge on any atom is 0.137 e. The molecule has 0 aromatic carbocycles. The molecule has 1 N–H and O–H groups in total. The lowest BCUT2D eigenvalue weighted by molar-refractivity contribution is 0.371. The summed E-state index contributed by atoms with van der Waals surface area (Å²) in [7, 11) is 4.26. The third kappa shape index (κ3) is 3.15. The first-order chi connectivity index (χ1) is 9.13. The van der Waals surface area contributed by atoms with E-state index < -0.39 is 0 Å². The lowest BCUT2D eigenvalue weighted by atomic mass is 10.2. The van der Waals surface area contributed by atoms with Gasteiger partial charge in [0.25, 0.3) is 0 Å². The first-order valence-electron chi connectivity index (χ1n) is 7.10. The number of anilines is 2. The van der Waals surface area contributed by atoms with E-state index in [0.717, 1.165) is 36.8 Å². The summed E-state index contributed by atoms with van der Waals surface area (Å²) >= 11 is 0. The molecule has 1 aliphatic rings. The minimum Gasteiger partial charge on any atom is -0.370 e. The zero-order chi connectivity index (χ0) is 13.8. The Labute approximate surface area is 116 Å². The van der Waals surface area contributed by atoms with E-state index in [1.165, 1.54) is 12.8 Å². The number of hydrogen-bond donors (Lipinski definition) is 1. The number of aromatic nitrogens is 2. The highest BCUT2D eigenvalue weighted by molar-refractivity contribution is 5.58. The number of hydrogen-bond acceptors (Lipinski definition) is 5. The smallest absolute Gasteiger partial charge is 0.137 e. The molecule has 0 amide bonds. The van der Waals surface area contributed by atoms with Gasteiger partial charge in [0, 0.05) is 31.2 Å². The summed E-state index contributed by atoms with van der Waals surface area (Å²) in [5.74, 6) is 2.05. The Morgan fingerprint density at radius 3 is 2.89 bits per heavy atom. The largest absolute Gasteiger partial charge is 0.370 e. The van der Waals surface area contributed by atoms with Crippen molar-refractivity contribution >= 4 is 11.6 Å². The molecule has 106 valence electrons. The molecule has 1 fully saturated rings. The molecule has 1 atom stereocenters. The van der Waals surface area contributed by atoms with Crippen LogP contribution >= 0.6 is 0 Å². The van der Waals surface area contributed by atoms with Gasteiger partial charge in [0.05, 0.1) is 0 Å². The normalized spacial score (nSPS) is 19.2. The zero-order valence-electron chi connectivity index (χ0n) is 12.5. The van der Waals surface area contributed by atoms with Crippen LogP contribution < -0.4 is 10.2 Å². The van der Waals surface area contributed by atoms with E-state index in [0.29, 0.717) is 6.04 Å². The Bertz CT molecular complexity index is 418. The van der Waals surface area contributed by atoms with Gasteiger partial charge in [-0.1, -0.05) is 0 Å². The fourth-order valence-electron chi connectivity index (χ4n) is 2.80. The van der Waals surface area contributed by atoms with Crippen LogP contribution in [0.5, 0.6) is 0 Å². The molecular weight excluding hydrogens is 238 g/mol. The summed E-state index contributed by atoms with van der Waals surface area (Å²) in [5.41, 5.74) is 1.16. The van der Waals surface area contributed by atoms with Gasteiger partial charge >= 0.3 is 0 Å². The molecule has 0 saturated carbocycles. The predicted octanol–water partition coefficient (Wildman–Crippen LogP) is 1.75. The average molecular weight is 263 g/mol. The van der Waals surface area contributed by atoms with E-state index in [2.05, 4.69) is 53.0 Å². The fraction of sp³-hybridized carbons (Fsp3) is 0.714. The molecule has 1 unspecified atom stereocenters. The van der Waals surface area contributed by atoms with E-state index >= 15 is 0 Å². The van der Waals surface area contributed by atoms with Crippen molar-refractivity contribution in [2.45, 2.75) is 32.7 Å². The van der Waals surface area contributed by atoms with Gasteiger partial charge in [-0.05, 0) is 40.8 Å². The lowest BCUT2D eigenvalue weighted by Gasteiger charge is -2.29. The average Bonchev–Trinajstić information content (AvgIpc) is 2.79. The Balaban J connectivity index is 2.22. The molecule has 19 heavy (non-hydrogen) atoms.